The van der Waals surface area contributed by atoms with E-state index in [-0.39, 0.29) is 0 Å². The predicted molar refractivity (Wildman–Crippen MR) is 272 cm³/mol. The van der Waals surface area contributed by atoms with Crippen LogP contribution in [0.3, 0.4) is 0 Å². The molecule has 302 valence electrons. The van der Waals surface area contributed by atoms with E-state index >= 15 is 0 Å². The van der Waals surface area contributed by atoms with Crippen LogP contribution < -0.4 is 0 Å². The Balaban J connectivity index is 0.000000273. The van der Waals surface area contributed by atoms with Gasteiger partial charge in [-0.3, -0.25) is 0 Å². The van der Waals surface area contributed by atoms with Crippen molar-refractivity contribution in [2.24, 2.45) is 0 Å². The highest BCUT2D eigenvalue weighted by molar-refractivity contribution is 6.22. The fourth-order valence-electron chi connectivity index (χ4n) is 7.80. The summed E-state index contributed by atoms with van der Waals surface area (Å²) >= 11 is 0. The van der Waals surface area contributed by atoms with Gasteiger partial charge in [-0.2, -0.15) is 0 Å². The SMILES string of the molecule is C=C.CC.CCc1ccc(-c2ccc3c(-c4ccc5ccccc5c4)c4ccccc4c(-c4ccc5ccccc5c4)c3c2)cc1.Cc1ccccc1.Cc1ccccc1C. The summed E-state index contributed by atoms with van der Waals surface area (Å²) in [6.07, 6.45) is 1.05. The molecule has 61 heavy (non-hydrogen) atoms. The molecule has 0 bridgehead atoms. The first kappa shape index (κ1) is 43.6. The smallest absolute Gasteiger partial charge is 0.00259 e. The van der Waals surface area contributed by atoms with Gasteiger partial charge in [0.05, 0.1) is 0 Å². The quantitative estimate of drug-likeness (QED) is 0.123. The number of hydrogen-bond acceptors (Lipinski definition) is 0. The van der Waals surface area contributed by atoms with Gasteiger partial charge in [0, 0.05) is 0 Å². The standard InChI is InChI=1S/C42H30.C8H10.C7H8.C2H6.C2H4/c1-2-28-15-17-31(18-16-28)34-23-24-39-40(27-34)42(36-22-20-30-10-4-6-12-33(30)26-36)38-14-8-7-13-37(38)41(39)35-21-19-29-9-3-5-11-32(29)25-35;1-7-5-3-4-6-8(7)2;1-7-5-3-2-4-6-7;2*1-2/h3-27H,2H2,1H3;3-6H,1-2H3;2-6H,1H3;1-2H3;1-2H2. The molecule has 10 rings (SSSR count). The Kier molecular flexibility index (Phi) is 15.2. The van der Waals surface area contributed by atoms with Gasteiger partial charge in [0.15, 0.2) is 0 Å². The Morgan fingerprint density at radius 2 is 0.721 bits per heavy atom. The van der Waals surface area contributed by atoms with Crippen molar-refractivity contribution in [3.63, 3.8) is 0 Å². The largest absolute Gasteiger partial charge is 0.106 e. The summed E-state index contributed by atoms with van der Waals surface area (Å²) in [6.45, 7) is 18.5. The molecule has 0 heterocycles. The lowest BCUT2D eigenvalue weighted by molar-refractivity contribution is 1.14. The molecule has 0 atom stereocenters. The summed E-state index contributed by atoms with van der Waals surface area (Å²) in [5.41, 5.74) is 13.0. The van der Waals surface area contributed by atoms with E-state index in [0.29, 0.717) is 0 Å². The summed E-state index contributed by atoms with van der Waals surface area (Å²) < 4.78 is 0. The Bertz CT molecular complexity index is 2950. The van der Waals surface area contributed by atoms with Crippen LogP contribution in [0, 0.1) is 20.8 Å². The number of hydrogen-bond donors (Lipinski definition) is 0. The van der Waals surface area contributed by atoms with E-state index in [1.165, 1.54) is 98.7 Å². The van der Waals surface area contributed by atoms with Gasteiger partial charge in [-0.25, -0.2) is 0 Å². The molecule has 0 nitrogen and oxygen atoms in total. The molecule has 0 aliphatic rings. The van der Waals surface area contributed by atoms with Gasteiger partial charge in [0.25, 0.3) is 0 Å². The van der Waals surface area contributed by atoms with Crippen LogP contribution >= 0.6 is 0 Å². The zero-order valence-corrected chi connectivity index (χ0v) is 36.8. The van der Waals surface area contributed by atoms with Gasteiger partial charge in [0.2, 0.25) is 0 Å². The minimum atomic E-state index is 1.05. The first-order chi connectivity index (χ1) is 30.0. The topological polar surface area (TPSA) is 0 Å². The molecule has 0 saturated heterocycles. The Morgan fingerprint density at radius 3 is 1.18 bits per heavy atom. The highest BCUT2D eigenvalue weighted by Crippen LogP contribution is 2.45. The highest BCUT2D eigenvalue weighted by atomic mass is 14.2. The van der Waals surface area contributed by atoms with Gasteiger partial charge in [-0.05, 0) is 139 Å². The zero-order valence-electron chi connectivity index (χ0n) is 36.8. The summed E-state index contributed by atoms with van der Waals surface area (Å²) in [5, 5.41) is 10.2. The van der Waals surface area contributed by atoms with Crippen molar-refractivity contribution in [1.82, 2.24) is 0 Å². The average molecular weight is 791 g/mol. The van der Waals surface area contributed by atoms with Crippen LogP contribution in [0.1, 0.15) is 43.0 Å². The molecule has 0 radical (unpaired) electrons. The molecule has 0 fully saturated rings. The molecule has 0 heteroatoms. The van der Waals surface area contributed by atoms with Gasteiger partial charge in [-0.1, -0.05) is 214 Å². The highest BCUT2D eigenvalue weighted by Gasteiger charge is 2.18. The third-order valence-corrected chi connectivity index (χ3v) is 11.2. The molecule has 0 saturated carbocycles. The van der Waals surface area contributed by atoms with Gasteiger partial charge >= 0.3 is 0 Å². The Labute approximate surface area is 364 Å². The molecule has 10 aromatic carbocycles. The molecule has 0 aliphatic heterocycles. The minimum absolute atomic E-state index is 1.05. The van der Waals surface area contributed by atoms with Crippen LogP contribution in [0.2, 0.25) is 0 Å². The molecule has 0 aliphatic carbocycles. The van der Waals surface area contributed by atoms with Crippen LogP contribution in [-0.4, -0.2) is 0 Å². The lowest BCUT2D eigenvalue weighted by atomic mass is 9.84. The van der Waals surface area contributed by atoms with Crippen molar-refractivity contribution in [2.45, 2.75) is 48.0 Å². The van der Waals surface area contributed by atoms with Crippen LogP contribution in [0.15, 0.2) is 219 Å². The second kappa shape index (κ2) is 21.3. The normalized spacial score (nSPS) is 10.3. The van der Waals surface area contributed by atoms with Gasteiger partial charge < -0.3 is 0 Å². The lowest BCUT2D eigenvalue weighted by Crippen LogP contribution is -1.92. The molecule has 0 spiro atoms. The van der Waals surface area contributed by atoms with Crippen LogP contribution in [0.5, 0.6) is 0 Å². The van der Waals surface area contributed by atoms with Gasteiger partial charge in [-0.15, -0.1) is 13.2 Å². The van der Waals surface area contributed by atoms with E-state index in [9.17, 15) is 0 Å². The second-order valence-corrected chi connectivity index (χ2v) is 15.0. The lowest BCUT2D eigenvalue weighted by Gasteiger charge is -2.19. The minimum Gasteiger partial charge on any atom is -0.106 e. The van der Waals surface area contributed by atoms with Crippen molar-refractivity contribution in [2.75, 3.05) is 0 Å². The predicted octanol–water partition coefficient (Wildman–Crippen LogP) is 18.0. The molecular formula is C61H58. The molecule has 0 N–H and O–H groups in total. The van der Waals surface area contributed by atoms with E-state index in [4.69, 9.17) is 0 Å². The van der Waals surface area contributed by atoms with Crippen molar-refractivity contribution in [3.05, 3.63) is 242 Å². The summed E-state index contributed by atoms with van der Waals surface area (Å²) in [5.74, 6) is 0. The fraction of sp³-hybridized carbons (Fsp3) is 0.115. The maximum Gasteiger partial charge on any atom is -0.00259 e. The maximum absolute atomic E-state index is 3.00. The number of rotatable bonds is 4. The molecule has 0 amide bonds. The summed E-state index contributed by atoms with van der Waals surface area (Å²) in [6, 6.07) is 74.7. The van der Waals surface area contributed by atoms with Crippen molar-refractivity contribution in [3.8, 4) is 33.4 Å². The third-order valence-electron chi connectivity index (χ3n) is 11.2. The first-order valence-corrected chi connectivity index (χ1v) is 21.6. The first-order valence-electron chi connectivity index (χ1n) is 21.6. The van der Waals surface area contributed by atoms with Crippen LogP contribution in [-0.2, 0) is 6.42 Å². The van der Waals surface area contributed by atoms with E-state index in [0.717, 1.165) is 6.42 Å². The third kappa shape index (κ3) is 10.2. The van der Waals surface area contributed by atoms with Crippen LogP contribution in [0.4, 0.5) is 0 Å². The fourth-order valence-corrected chi connectivity index (χ4v) is 7.80. The van der Waals surface area contributed by atoms with Crippen molar-refractivity contribution in [1.29, 1.82) is 0 Å². The van der Waals surface area contributed by atoms with E-state index < -0.39 is 0 Å². The number of benzene rings is 10. The second-order valence-electron chi connectivity index (χ2n) is 15.0. The Hall–Kier alpha value is -7.02. The van der Waals surface area contributed by atoms with Crippen molar-refractivity contribution >= 4 is 43.1 Å². The maximum atomic E-state index is 3.00. The van der Waals surface area contributed by atoms with E-state index in [1.54, 1.807) is 0 Å². The summed E-state index contributed by atoms with van der Waals surface area (Å²) in [4.78, 5) is 0. The molecule has 0 unspecified atom stereocenters. The molecule has 0 aromatic heterocycles. The van der Waals surface area contributed by atoms with Crippen molar-refractivity contribution < 1.29 is 0 Å². The number of aryl methyl sites for hydroxylation is 4. The number of fused-ring (bicyclic) bond motifs is 4. The van der Waals surface area contributed by atoms with Gasteiger partial charge in [0.1, 0.15) is 0 Å². The monoisotopic (exact) mass is 790 g/mol. The summed E-state index contributed by atoms with van der Waals surface area (Å²) in [7, 11) is 0. The zero-order chi connectivity index (χ0) is 43.1. The van der Waals surface area contributed by atoms with E-state index in [1.807, 2.05) is 32.0 Å². The molecule has 10 aromatic rings. The van der Waals surface area contributed by atoms with E-state index in [2.05, 4.69) is 229 Å². The average Bonchev–Trinajstić information content (AvgIpc) is 3.33. The Morgan fingerprint density at radius 1 is 0.328 bits per heavy atom. The van der Waals surface area contributed by atoms with Crippen LogP contribution in [0.25, 0.3) is 76.5 Å². The molecular weight excluding hydrogens is 733 g/mol.